The predicted octanol–water partition coefficient (Wildman–Crippen LogP) is -1.63. The van der Waals surface area contributed by atoms with E-state index in [9.17, 15) is 69.3 Å². The first-order valence-corrected chi connectivity index (χ1v) is 9.36. The SMILES string of the molecule is C[C@@]1(C(=O)O)C2=CC(Cl)(C(=O)O)C(C(=O)O)C(C(=O)O)=C2C(C(=O)O)C(C(=O)O)NC1C(=O)O. The lowest BCUT2D eigenvalue weighted by molar-refractivity contribution is -0.157. The number of hydrogen-bond donors (Lipinski definition) is 8. The predicted molar refractivity (Wildman–Crippen MR) is 103 cm³/mol. The Bertz CT molecular complexity index is 1110. The number of carboxylic acid groups (broad SMARTS) is 7. The molecule has 0 aromatic rings. The van der Waals surface area contributed by atoms with Crippen LogP contribution in [0.3, 0.4) is 0 Å². The third-order valence-corrected chi connectivity index (χ3v) is 6.29. The summed E-state index contributed by atoms with van der Waals surface area (Å²) in [7, 11) is 0. The molecule has 5 unspecified atom stereocenters. The second kappa shape index (κ2) is 8.42. The van der Waals surface area contributed by atoms with Crippen molar-refractivity contribution in [3.8, 4) is 0 Å². The van der Waals surface area contributed by atoms with E-state index in [1.54, 1.807) is 0 Å². The molecule has 6 atom stereocenters. The highest BCUT2D eigenvalue weighted by Gasteiger charge is 2.64. The highest BCUT2D eigenvalue weighted by molar-refractivity contribution is 6.38. The van der Waals surface area contributed by atoms with Crippen molar-refractivity contribution in [2.24, 2.45) is 17.3 Å². The average molecular weight is 506 g/mol. The number of carboxylic acids is 7. The fraction of sp³-hybridized carbons (Fsp3) is 0.389. The van der Waals surface area contributed by atoms with Gasteiger partial charge in [0.25, 0.3) is 0 Å². The van der Waals surface area contributed by atoms with Gasteiger partial charge in [0.2, 0.25) is 0 Å². The lowest BCUT2D eigenvalue weighted by Crippen LogP contribution is -2.58. The molecule has 1 aliphatic heterocycles. The van der Waals surface area contributed by atoms with Crippen LogP contribution in [0.5, 0.6) is 0 Å². The van der Waals surface area contributed by atoms with E-state index in [1.807, 2.05) is 5.32 Å². The number of rotatable bonds is 7. The topological polar surface area (TPSA) is 273 Å². The number of carbonyl (C=O) groups is 7. The van der Waals surface area contributed by atoms with Crippen LogP contribution in [0.2, 0.25) is 0 Å². The molecule has 1 aliphatic carbocycles. The van der Waals surface area contributed by atoms with Crippen LogP contribution in [0.15, 0.2) is 22.8 Å². The van der Waals surface area contributed by atoms with Gasteiger partial charge < -0.3 is 35.7 Å². The first-order valence-electron chi connectivity index (χ1n) is 8.98. The van der Waals surface area contributed by atoms with Crippen LogP contribution in [-0.2, 0) is 33.6 Å². The summed E-state index contributed by atoms with van der Waals surface area (Å²) >= 11 is 5.99. The molecule has 15 nitrogen and oxygen atoms in total. The summed E-state index contributed by atoms with van der Waals surface area (Å²) in [5, 5.41) is 69.8. The molecule has 184 valence electrons. The van der Waals surface area contributed by atoms with Crippen LogP contribution in [0.25, 0.3) is 0 Å². The third kappa shape index (κ3) is 3.63. The molecular formula is C18H16ClNO14. The zero-order valence-corrected chi connectivity index (χ0v) is 17.5. The van der Waals surface area contributed by atoms with E-state index in [0.29, 0.717) is 6.92 Å². The molecule has 1 fully saturated rings. The normalized spacial score (nSPS) is 33.1. The minimum atomic E-state index is -3.22. The Morgan fingerprint density at radius 2 is 1.35 bits per heavy atom. The summed E-state index contributed by atoms with van der Waals surface area (Å²) in [5.74, 6) is -20.1. The van der Waals surface area contributed by atoms with Gasteiger partial charge in [-0.3, -0.25) is 29.3 Å². The number of fused-ring (bicyclic) bond motifs is 1. The van der Waals surface area contributed by atoms with Crippen molar-refractivity contribution in [1.82, 2.24) is 5.32 Å². The van der Waals surface area contributed by atoms with Crippen LogP contribution in [0, 0.1) is 17.3 Å². The molecule has 1 heterocycles. The number of hydrogen-bond acceptors (Lipinski definition) is 8. The molecule has 8 N–H and O–H groups in total. The lowest BCUT2D eigenvalue weighted by atomic mass is 9.63. The highest BCUT2D eigenvalue weighted by Crippen LogP contribution is 2.52. The summed E-state index contributed by atoms with van der Waals surface area (Å²) in [4.78, 5) is 81.1. The quantitative estimate of drug-likeness (QED) is 0.180. The van der Waals surface area contributed by atoms with Gasteiger partial charge in [-0.15, -0.1) is 11.6 Å². The Kier molecular flexibility index (Phi) is 6.51. The third-order valence-electron chi connectivity index (χ3n) is 5.80. The van der Waals surface area contributed by atoms with Crippen molar-refractivity contribution in [3.63, 3.8) is 0 Å². The van der Waals surface area contributed by atoms with Crippen LogP contribution >= 0.6 is 11.6 Å². The number of aliphatic carboxylic acids is 7. The first-order chi connectivity index (χ1) is 15.4. The van der Waals surface area contributed by atoms with E-state index in [1.165, 1.54) is 0 Å². The molecule has 0 bridgehead atoms. The van der Waals surface area contributed by atoms with Gasteiger partial charge in [-0.25, -0.2) is 9.59 Å². The van der Waals surface area contributed by atoms with Gasteiger partial charge in [0.05, 0.1) is 5.57 Å². The zero-order valence-electron chi connectivity index (χ0n) is 16.8. The molecule has 1 saturated heterocycles. The lowest BCUT2D eigenvalue weighted by Gasteiger charge is -2.40. The van der Waals surface area contributed by atoms with Crippen molar-refractivity contribution in [2.75, 3.05) is 0 Å². The van der Waals surface area contributed by atoms with Gasteiger partial charge >= 0.3 is 41.8 Å². The van der Waals surface area contributed by atoms with Crippen LogP contribution in [0.1, 0.15) is 6.92 Å². The number of alkyl halides is 1. The molecular weight excluding hydrogens is 490 g/mol. The van der Waals surface area contributed by atoms with E-state index in [4.69, 9.17) is 11.6 Å². The first kappa shape index (κ1) is 26.3. The second-order valence-electron chi connectivity index (χ2n) is 7.61. The molecule has 0 amide bonds. The molecule has 0 spiro atoms. The van der Waals surface area contributed by atoms with Crippen LogP contribution < -0.4 is 5.32 Å². The van der Waals surface area contributed by atoms with Gasteiger partial charge in [0.1, 0.15) is 29.3 Å². The highest BCUT2D eigenvalue weighted by atomic mass is 35.5. The van der Waals surface area contributed by atoms with Crippen molar-refractivity contribution in [1.29, 1.82) is 0 Å². The molecule has 2 aliphatic rings. The summed E-state index contributed by atoms with van der Waals surface area (Å²) in [6, 6.07) is -4.93. The molecule has 0 radical (unpaired) electrons. The smallest absolute Gasteiger partial charge is 0.332 e. The van der Waals surface area contributed by atoms with Gasteiger partial charge in [-0.05, 0) is 24.1 Å². The van der Waals surface area contributed by atoms with E-state index in [2.05, 4.69) is 0 Å². The minimum absolute atomic E-state index is 0.253. The van der Waals surface area contributed by atoms with Crippen molar-refractivity contribution in [2.45, 2.75) is 23.9 Å². The van der Waals surface area contributed by atoms with E-state index in [-0.39, 0.29) is 6.08 Å². The number of nitrogens with one attached hydrogen (secondary N) is 1. The van der Waals surface area contributed by atoms with Gasteiger partial charge in [-0.2, -0.15) is 0 Å². The van der Waals surface area contributed by atoms with E-state index >= 15 is 0 Å². The molecule has 2 rings (SSSR count). The van der Waals surface area contributed by atoms with E-state index in [0.717, 1.165) is 0 Å². The molecule has 0 aromatic heterocycles. The Hall–Kier alpha value is -3.98. The van der Waals surface area contributed by atoms with E-state index < -0.39 is 92.7 Å². The summed E-state index contributed by atoms with van der Waals surface area (Å²) in [6.07, 6.45) is 0.253. The molecule has 16 heteroatoms. The van der Waals surface area contributed by atoms with Gasteiger partial charge in [-0.1, -0.05) is 0 Å². The molecule has 34 heavy (non-hydrogen) atoms. The minimum Gasteiger partial charge on any atom is -0.481 e. The summed E-state index contributed by atoms with van der Waals surface area (Å²) in [6.45, 7) is 0.649. The van der Waals surface area contributed by atoms with Crippen LogP contribution in [-0.4, -0.2) is 94.5 Å². The Morgan fingerprint density at radius 1 is 0.824 bits per heavy atom. The Morgan fingerprint density at radius 3 is 1.68 bits per heavy atom. The maximum atomic E-state index is 12.3. The fourth-order valence-corrected chi connectivity index (χ4v) is 4.49. The Labute approximate surface area is 192 Å². The summed E-state index contributed by atoms with van der Waals surface area (Å²) < 4.78 is 0. The van der Waals surface area contributed by atoms with Crippen molar-refractivity contribution >= 4 is 53.4 Å². The average Bonchev–Trinajstić information content (AvgIpc) is 2.79. The van der Waals surface area contributed by atoms with Crippen molar-refractivity contribution in [3.05, 3.63) is 22.8 Å². The number of halogens is 1. The molecule has 0 aromatic carbocycles. The monoisotopic (exact) mass is 505 g/mol. The molecule has 0 saturated carbocycles. The van der Waals surface area contributed by atoms with Gasteiger partial charge in [0.15, 0.2) is 4.87 Å². The summed E-state index contributed by atoms with van der Waals surface area (Å²) in [5.41, 5.74) is -6.71. The largest absolute Gasteiger partial charge is 0.481 e. The maximum absolute atomic E-state index is 12.3. The maximum Gasteiger partial charge on any atom is 0.332 e. The fourth-order valence-electron chi connectivity index (χ4n) is 4.18. The second-order valence-corrected chi connectivity index (χ2v) is 8.24. The van der Waals surface area contributed by atoms with Gasteiger partial charge in [0, 0.05) is 0 Å². The zero-order chi connectivity index (χ0) is 26.5. The Balaban J connectivity index is 3.28. The standard InChI is InChI=1S/C18H16ClNO14/c1-17(15(31)32)3-2-18(19,16(33)34)7(12(25)26)5(10(21)22)4(3)6(11(23)24)8(13(27)28)20-9(17)14(29)30/h2,6-9,20H,1H3,(H,21,22)(H,23,24)(H,25,26)(H,27,28)(H,29,30)(H,31,32)(H,33,34)/t6?,7?,8?,9?,17-,18?/m1/s1. The van der Waals surface area contributed by atoms with Crippen molar-refractivity contribution < 1.29 is 69.3 Å². The van der Waals surface area contributed by atoms with Crippen LogP contribution in [0.4, 0.5) is 0 Å².